The van der Waals surface area contributed by atoms with Gasteiger partial charge in [-0.1, -0.05) is 23.2 Å². The molecule has 2 atom stereocenters. The van der Waals surface area contributed by atoms with E-state index in [4.69, 9.17) is 38.7 Å². The summed E-state index contributed by atoms with van der Waals surface area (Å²) >= 11 is 12.6. The van der Waals surface area contributed by atoms with Gasteiger partial charge in [0.25, 0.3) is 0 Å². The third kappa shape index (κ3) is 8.63. The van der Waals surface area contributed by atoms with Crippen LogP contribution < -0.4 is 15.4 Å². The Kier molecular flexibility index (Phi) is 11.9. The van der Waals surface area contributed by atoms with Crippen molar-refractivity contribution in [2.75, 3.05) is 44.2 Å². The van der Waals surface area contributed by atoms with Crippen LogP contribution in [0, 0.1) is 5.92 Å². The molecule has 3 N–H and O–H groups in total. The van der Waals surface area contributed by atoms with Crippen molar-refractivity contribution in [1.82, 2.24) is 24.8 Å². The molecule has 0 saturated carbocycles. The summed E-state index contributed by atoms with van der Waals surface area (Å²) in [5, 5.41) is 11.1. The number of piperazine rings is 1. The number of carbonyl (C=O) groups is 1. The van der Waals surface area contributed by atoms with E-state index in [1.54, 1.807) is 18.5 Å². The number of fused-ring (bicyclic) bond motifs is 1. The van der Waals surface area contributed by atoms with Gasteiger partial charge in [0.15, 0.2) is 5.75 Å². The summed E-state index contributed by atoms with van der Waals surface area (Å²) in [6.07, 6.45) is 6.20. The molecule has 5 heterocycles. The van der Waals surface area contributed by atoms with E-state index in [9.17, 15) is 9.90 Å². The molecular weight excluding hydrogens is 648 g/mol. The normalized spacial score (nSPS) is 20.8. The van der Waals surface area contributed by atoms with Crippen LogP contribution in [0.1, 0.15) is 31.2 Å². The number of aliphatic hydroxyl groups is 1. The highest BCUT2D eigenvalue weighted by atomic mass is 35.5. The topological polar surface area (TPSA) is 121 Å². The number of aromatic nitrogens is 3. The van der Waals surface area contributed by atoms with Crippen LogP contribution >= 0.6 is 48.0 Å². The van der Waals surface area contributed by atoms with Gasteiger partial charge in [0.1, 0.15) is 0 Å². The molecule has 3 fully saturated rings. The van der Waals surface area contributed by atoms with Crippen LogP contribution in [0.2, 0.25) is 10.0 Å². The second kappa shape index (κ2) is 15.2. The van der Waals surface area contributed by atoms with Crippen LogP contribution in [-0.2, 0) is 11.3 Å². The summed E-state index contributed by atoms with van der Waals surface area (Å²) in [4.78, 5) is 32.2. The number of benzene rings is 1. The zero-order valence-electron chi connectivity index (χ0n) is 24.1. The summed E-state index contributed by atoms with van der Waals surface area (Å²) in [7, 11) is 0. The Labute approximate surface area is 279 Å². The number of nitrogens with two attached hydrogens (primary N) is 1. The first-order valence-corrected chi connectivity index (χ1v) is 15.2. The summed E-state index contributed by atoms with van der Waals surface area (Å²) in [6, 6.07) is 9.65. The molecule has 0 aliphatic carbocycles. The Morgan fingerprint density at radius 2 is 1.68 bits per heavy atom. The average molecular weight is 685 g/mol. The molecule has 3 aliphatic rings. The zero-order valence-corrected chi connectivity index (χ0v) is 27.3. The van der Waals surface area contributed by atoms with Crippen LogP contribution in [0.3, 0.4) is 0 Å². The first-order valence-electron chi connectivity index (χ1n) is 14.4. The number of amides is 1. The Hall–Kier alpha value is -2.44. The summed E-state index contributed by atoms with van der Waals surface area (Å²) < 4.78 is 6.19. The molecule has 10 nitrogen and oxygen atoms in total. The van der Waals surface area contributed by atoms with Crippen molar-refractivity contribution < 1.29 is 14.6 Å². The predicted molar refractivity (Wildman–Crippen MR) is 176 cm³/mol. The highest BCUT2D eigenvalue weighted by molar-refractivity contribution is 6.35. The number of ether oxygens (including phenoxy) is 1. The molecule has 3 saturated heterocycles. The van der Waals surface area contributed by atoms with Gasteiger partial charge in [-0.3, -0.25) is 14.6 Å². The zero-order chi connectivity index (χ0) is 29.2. The van der Waals surface area contributed by atoms with Gasteiger partial charge in [0, 0.05) is 66.9 Å². The largest absolute Gasteiger partial charge is 0.436 e. The van der Waals surface area contributed by atoms with Gasteiger partial charge in [-0.25, -0.2) is 15.0 Å². The lowest BCUT2D eigenvalue weighted by molar-refractivity contribution is -0.119. The second-order valence-electron chi connectivity index (χ2n) is 11.6. The molecule has 6 rings (SSSR count). The maximum Gasteiger partial charge on any atom is 0.225 e. The lowest BCUT2D eigenvalue weighted by Gasteiger charge is -2.37. The van der Waals surface area contributed by atoms with E-state index in [0.717, 1.165) is 69.7 Å². The van der Waals surface area contributed by atoms with Crippen LogP contribution in [0.4, 0.5) is 5.95 Å². The fourth-order valence-corrected chi connectivity index (χ4v) is 6.81. The van der Waals surface area contributed by atoms with Crippen molar-refractivity contribution in [1.29, 1.82) is 0 Å². The first-order chi connectivity index (χ1) is 20.3. The fraction of sp³-hybridized carbons (Fsp3) is 0.467. The molecule has 1 aromatic carbocycles. The second-order valence-corrected chi connectivity index (χ2v) is 12.4. The summed E-state index contributed by atoms with van der Waals surface area (Å²) in [6.45, 7) is 5.73. The number of aliphatic hydroxyl groups excluding tert-OH is 1. The number of rotatable bonds is 8. The van der Waals surface area contributed by atoms with Crippen LogP contribution in [0.5, 0.6) is 11.6 Å². The number of carbonyl (C=O) groups excluding carboxylic acids is 1. The minimum Gasteiger partial charge on any atom is -0.436 e. The maximum absolute atomic E-state index is 11.3. The Balaban J connectivity index is 0.00000221. The van der Waals surface area contributed by atoms with Gasteiger partial charge in [-0.15, -0.1) is 24.8 Å². The van der Waals surface area contributed by atoms with Crippen molar-refractivity contribution in [3.8, 4) is 22.9 Å². The Morgan fingerprint density at radius 1 is 0.977 bits per heavy atom. The predicted octanol–water partition coefficient (Wildman–Crippen LogP) is 4.82. The number of hydrogen-bond acceptors (Lipinski definition) is 9. The molecule has 0 unspecified atom stereocenters. The molecule has 2 aromatic heterocycles. The average Bonchev–Trinajstić information content (AvgIpc) is 3.33. The number of anilines is 1. The number of pyridine rings is 1. The molecule has 1 amide bonds. The first kappa shape index (κ1) is 34.4. The smallest absolute Gasteiger partial charge is 0.225 e. The number of halogens is 4. The quantitative estimate of drug-likeness (QED) is 0.344. The van der Waals surface area contributed by atoms with E-state index in [-0.39, 0.29) is 36.8 Å². The third-order valence-corrected chi connectivity index (χ3v) is 8.77. The SMILES string of the molecule is Cl.Cl.NC(=O)CC1CCN(Cc2cc(Oc3cnc(N4CCN5C[C@@H](O)C[C@@H]5C4)nc3)nc(-c3cc(Cl)cc(Cl)c3)c2)CC1. The molecule has 0 spiro atoms. The molecule has 44 heavy (non-hydrogen) atoms. The third-order valence-electron chi connectivity index (χ3n) is 8.34. The monoisotopic (exact) mass is 683 g/mol. The molecule has 14 heteroatoms. The highest BCUT2D eigenvalue weighted by Gasteiger charge is 2.36. The van der Waals surface area contributed by atoms with Crippen LogP contribution in [0.15, 0.2) is 42.7 Å². The lowest BCUT2D eigenvalue weighted by atomic mass is 9.93. The number of piperidine rings is 1. The van der Waals surface area contributed by atoms with E-state index in [0.29, 0.717) is 58.2 Å². The van der Waals surface area contributed by atoms with Gasteiger partial charge < -0.3 is 20.5 Å². The number of hydrogen-bond donors (Lipinski definition) is 2. The van der Waals surface area contributed by atoms with Crippen molar-refractivity contribution in [3.05, 3.63) is 58.3 Å². The fourth-order valence-electron chi connectivity index (χ4n) is 6.29. The van der Waals surface area contributed by atoms with Crippen molar-refractivity contribution >= 4 is 59.9 Å². The highest BCUT2D eigenvalue weighted by Crippen LogP contribution is 2.31. The van der Waals surface area contributed by atoms with Crippen LogP contribution in [0.25, 0.3) is 11.3 Å². The number of primary amides is 1. The van der Waals surface area contributed by atoms with E-state index < -0.39 is 0 Å². The molecule has 0 bridgehead atoms. The van der Waals surface area contributed by atoms with Gasteiger partial charge in [-0.2, -0.15) is 0 Å². The Bertz CT molecular complexity index is 1410. The Morgan fingerprint density at radius 3 is 2.36 bits per heavy atom. The number of likely N-dealkylation sites (tertiary alicyclic amines) is 1. The minimum atomic E-state index is -0.253. The maximum atomic E-state index is 11.3. The summed E-state index contributed by atoms with van der Waals surface area (Å²) in [5.74, 6) is 1.67. The van der Waals surface area contributed by atoms with Crippen molar-refractivity contribution in [2.24, 2.45) is 11.7 Å². The van der Waals surface area contributed by atoms with Gasteiger partial charge in [0.2, 0.25) is 17.7 Å². The van der Waals surface area contributed by atoms with Crippen molar-refractivity contribution in [2.45, 2.75) is 44.4 Å². The molecular formula is C30H37Cl4N7O3. The van der Waals surface area contributed by atoms with Gasteiger partial charge in [-0.05, 0) is 68.1 Å². The van der Waals surface area contributed by atoms with E-state index in [1.165, 1.54) is 0 Å². The van der Waals surface area contributed by atoms with E-state index in [1.807, 2.05) is 24.3 Å². The molecule has 0 radical (unpaired) electrons. The van der Waals surface area contributed by atoms with E-state index >= 15 is 0 Å². The molecule has 3 aromatic rings. The van der Waals surface area contributed by atoms with E-state index in [2.05, 4.69) is 24.7 Å². The molecule has 3 aliphatic heterocycles. The van der Waals surface area contributed by atoms with Crippen LogP contribution in [-0.4, -0.2) is 87.2 Å². The number of nitrogens with zero attached hydrogens (tertiary/aromatic N) is 6. The molecule has 238 valence electrons. The lowest BCUT2D eigenvalue weighted by Crippen LogP contribution is -2.50. The van der Waals surface area contributed by atoms with Crippen molar-refractivity contribution in [3.63, 3.8) is 0 Å². The van der Waals surface area contributed by atoms with Gasteiger partial charge >= 0.3 is 0 Å². The summed E-state index contributed by atoms with van der Waals surface area (Å²) in [5.41, 5.74) is 7.94. The van der Waals surface area contributed by atoms with Gasteiger partial charge in [0.05, 0.1) is 24.2 Å². The standard InChI is InChI=1S/C30H35Cl2N7O3.2ClH/c31-22-10-21(11-23(32)12-22)27-7-20(16-37-3-1-19(2-4-37)8-28(33)41)9-29(36-27)42-26-14-34-30(35-15-26)39-6-5-38-18-25(40)13-24(38)17-39;;/h7,9-12,14-15,19,24-25,40H,1-6,8,13,16-18H2,(H2,33,41);2*1H/t24-,25+;;/m1../s1. The minimum absolute atomic E-state index is 0.